The van der Waals surface area contributed by atoms with Crippen LogP contribution in [0.25, 0.3) is 0 Å². The van der Waals surface area contributed by atoms with Gasteiger partial charge in [-0.2, -0.15) is 0 Å². The Hall–Kier alpha value is -0.120. The average Bonchev–Trinajstić information content (AvgIpc) is 2.90. The zero-order valence-corrected chi connectivity index (χ0v) is 13.1. The van der Waals surface area contributed by atoms with E-state index in [9.17, 15) is 5.11 Å². The van der Waals surface area contributed by atoms with E-state index in [1.165, 1.54) is 32.1 Å². The van der Waals surface area contributed by atoms with Gasteiger partial charge < -0.3 is 9.84 Å². The van der Waals surface area contributed by atoms with Crippen LogP contribution in [-0.2, 0) is 4.74 Å². The van der Waals surface area contributed by atoms with Gasteiger partial charge in [0.25, 0.3) is 0 Å². The van der Waals surface area contributed by atoms with Gasteiger partial charge in [-0.05, 0) is 56.3 Å². The van der Waals surface area contributed by atoms with E-state index in [0.29, 0.717) is 18.1 Å². The molecule has 5 unspecified atom stereocenters. The molecule has 1 saturated heterocycles. The largest absolute Gasteiger partial charge is 0.393 e. The Labute approximate surface area is 123 Å². The molecule has 0 aromatic rings. The molecule has 116 valence electrons. The Morgan fingerprint density at radius 2 is 2.05 bits per heavy atom. The molecule has 1 heterocycles. The SMILES string of the molecule is CC(C)C1CCC(O)C(CN2CCOC3CCCC32)C1. The Balaban J connectivity index is 1.60. The fraction of sp³-hybridized carbons (Fsp3) is 1.00. The number of ether oxygens (including phenoxy) is 1. The molecule has 5 atom stereocenters. The molecule has 3 nitrogen and oxygen atoms in total. The quantitative estimate of drug-likeness (QED) is 0.863. The predicted octanol–water partition coefficient (Wildman–Crippen LogP) is 2.67. The summed E-state index contributed by atoms with van der Waals surface area (Å²) in [5.74, 6) is 2.05. The molecule has 20 heavy (non-hydrogen) atoms. The summed E-state index contributed by atoms with van der Waals surface area (Å²) in [7, 11) is 0. The first-order valence-corrected chi connectivity index (χ1v) is 8.69. The normalized spacial score (nSPS) is 42.9. The van der Waals surface area contributed by atoms with Gasteiger partial charge >= 0.3 is 0 Å². The highest BCUT2D eigenvalue weighted by atomic mass is 16.5. The Kier molecular flexibility index (Phi) is 4.68. The van der Waals surface area contributed by atoms with Gasteiger partial charge in [0.1, 0.15) is 0 Å². The number of aliphatic hydroxyl groups is 1. The third kappa shape index (κ3) is 3.05. The summed E-state index contributed by atoms with van der Waals surface area (Å²) in [5.41, 5.74) is 0. The number of nitrogens with zero attached hydrogens (tertiary/aromatic N) is 1. The van der Waals surface area contributed by atoms with Crippen molar-refractivity contribution in [1.29, 1.82) is 0 Å². The molecule has 0 amide bonds. The first-order chi connectivity index (χ1) is 9.65. The van der Waals surface area contributed by atoms with Gasteiger partial charge in [-0.1, -0.05) is 13.8 Å². The van der Waals surface area contributed by atoms with E-state index in [0.717, 1.165) is 38.0 Å². The minimum Gasteiger partial charge on any atom is -0.393 e. The summed E-state index contributed by atoms with van der Waals surface area (Å²) < 4.78 is 5.90. The molecule has 0 bridgehead atoms. The van der Waals surface area contributed by atoms with Crippen molar-refractivity contribution < 1.29 is 9.84 Å². The van der Waals surface area contributed by atoms with Crippen molar-refractivity contribution in [3.8, 4) is 0 Å². The average molecular weight is 281 g/mol. The first-order valence-electron chi connectivity index (χ1n) is 8.69. The molecule has 2 aliphatic carbocycles. The lowest BCUT2D eigenvalue weighted by Gasteiger charge is -2.43. The van der Waals surface area contributed by atoms with Crippen molar-refractivity contribution in [3.63, 3.8) is 0 Å². The second kappa shape index (κ2) is 6.33. The van der Waals surface area contributed by atoms with Crippen molar-refractivity contribution in [3.05, 3.63) is 0 Å². The second-order valence-electron chi connectivity index (χ2n) is 7.55. The maximum absolute atomic E-state index is 10.4. The van der Waals surface area contributed by atoms with Gasteiger partial charge in [-0.3, -0.25) is 4.90 Å². The van der Waals surface area contributed by atoms with E-state index in [4.69, 9.17) is 4.74 Å². The Morgan fingerprint density at radius 1 is 1.20 bits per heavy atom. The van der Waals surface area contributed by atoms with E-state index >= 15 is 0 Å². The van der Waals surface area contributed by atoms with Crippen molar-refractivity contribution in [2.45, 2.75) is 70.6 Å². The minimum atomic E-state index is -0.0762. The number of hydrogen-bond acceptors (Lipinski definition) is 3. The van der Waals surface area contributed by atoms with Gasteiger partial charge in [0.05, 0.1) is 18.8 Å². The van der Waals surface area contributed by atoms with Crippen LogP contribution in [0.2, 0.25) is 0 Å². The molecule has 3 heteroatoms. The standard InChI is InChI=1S/C17H31NO2/c1-12(2)13-6-7-16(19)14(10-13)11-18-8-9-20-17-5-3-4-15(17)18/h12-17,19H,3-11H2,1-2H3. The van der Waals surface area contributed by atoms with Gasteiger partial charge in [0.2, 0.25) is 0 Å². The van der Waals surface area contributed by atoms with Crippen LogP contribution in [0.15, 0.2) is 0 Å². The highest BCUT2D eigenvalue weighted by Crippen LogP contribution is 2.36. The third-order valence-corrected chi connectivity index (χ3v) is 5.99. The fourth-order valence-corrected chi connectivity index (χ4v) is 4.62. The molecule has 0 aromatic carbocycles. The number of aliphatic hydroxyl groups excluding tert-OH is 1. The summed E-state index contributed by atoms with van der Waals surface area (Å²) in [4.78, 5) is 2.64. The molecule has 0 aromatic heterocycles. The van der Waals surface area contributed by atoms with Crippen LogP contribution < -0.4 is 0 Å². The zero-order valence-electron chi connectivity index (χ0n) is 13.1. The van der Waals surface area contributed by atoms with E-state index in [1.54, 1.807) is 0 Å². The van der Waals surface area contributed by atoms with Crippen molar-refractivity contribution >= 4 is 0 Å². The van der Waals surface area contributed by atoms with Crippen LogP contribution in [-0.4, -0.2) is 48.0 Å². The van der Waals surface area contributed by atoms with Crippen molar-refractivity contribution in [2.75, 3.05) is 19.7 Å². The molecule has 2 saturated carbocycles. The monoisotopic (exact) mass is 281 g/mol. The van der Waals surface area contributed by atoms with Crippen LogP contribution in [0.5, 0.6) is 0 Å². The smallest absolute Gasteiger partial charge is 0.0730 e. The van der Waals surface area contributed by atoms with E-state index < -0.39 is 0 Å². The molecule has 3 rings (SSSR count). The summed E-state index contributed by atoms with van der Waals surface area (Å²) in [6, 6.07) is 0.635. The Morgan fingerprint density at radius 3 is 2.85 bits per heavy atom. The number of morpholine rings is 1. The zero-order chi connectivity index (χ0) is 14.1. The first kappa shape index (κ1) is 14.8. The highest BCUT2D eigenvalue weighted by Gasteiger charge is 2.39. The lowest BCUT2D eigenvalue weighted by atomic mass is 9.74. The highest BCUT2D eigenvalue weighted by molar-refractivity contribution is 4.92. The summed E-state index contributed by atoms with van der Waals surface area (Å²) in [5, 5.41) is 10.4. The minimum absolute atomic E-state index is 0.0762. The number of hydrogen-bond donors (Lipinski definition) is 1. The Bertz CT molecular complexity index is 320. The third-order valence-electron chi connectivity index (χ3n) is 5.99. The maximum Gasteiger partial charge on any atom is 0.0730 e. The second-order valence-corrected chi connectivity index (χ2v) is 7.55. The number of rotatable bonds is 3. The molecular formula is C17H31NO2. The molecule has 1 aliphatic heterocycles. The molecule has 0 radical (unpaired) electrons. The molecule has 0 spiro atoms. The summed E-state index contributed by atoms with van der Waals surface area (Å²) in [6.45, 7) is 7.71. The molecule has 3 aliphatic rings. The topological polar surface area (TPSA) is 32.7 Å². The molecule has 3 fully saturated rings. The van der Waals surface area contributed by atoms with Crippen molar-refractivity contribution in [1.82, 2.24) is 4.90 Å². The lowest BCUT2D eigenvalue weighted by Crippen LogP contribution is -2.52. The molecular weight excluding hydrogens is 250 g/mol. The lowest BCUT2D eigenvalue weighted by molar-refractivity contribution is -0.0737. The molecule has 1 N–H and O–H groups in total. The van der Waals surface area contributed by atoms with Gasteiger partial charge in [0.15, 0.2) is 0 Å². The van der Waals surface area contributed by atoms with Crippen LogP contribution >= 0.6 is 0 Å². The van der Waals surface area contributed by atoms with E-state index in [1.807, 2.05) is 0 Å². The van der Waals surface area contributed by atoms with Gasteiger partial charge in [-0.25, -0.2) is 0 Å². The van der Waals surface area contributed by atoms with E-state index in [-0.39, 0.29) is 6.10 Å². The number of fused-ring (bicyclic) bond motifs is 1. The summed E-state index contributed by atoms with van der Waals surface area (Å²) >= 11 is 0. The van der Waals surface area contributed by atoms with Crippen LogP contribution in [0.4, 0.5) is 0 Å². The van der Waals surface area contributed by atoms with Crippen LogP contribution in [0.1, 0.15) is 52.4 Å². The van der Waals surface area contributed by atoms with E-state index in [2.05, 4.69) is 18.7 Å². The van der Waals surface area contributed by atoms with Gasteiger partial charge in [0, 0.05) is 19.1 Å². The van der Waals surface area contributed by atoms with Crippen molar-refractivity contribution in [2.24, 2.45) is 17.8 Å². The maximum atomic E-state index is 10.4. The predicted molar refractivity (Wildman–Crippen MR) is 80.6 cm³/mol. The van der Waals surface area contributed by atoms with Crippen LogP contribution in [0.3, 0.4) is 0 Å². The van der Waals surface area contributed by atoms with Crippen LogP contribution in [0, 0.1) is 17.8 Å². The fourth-order valence-electron chi connectivity index (χ4n) is 4.62. The van der Waals surface area contributed by atoms with Gasteiger partial charge in [-0.15, -0.1) is 0 Å². The summed E-state index contributed by atoms with van der Waals surface area (Å²) in [6.07, 6.45) is 7.68.